The molecule has 23 heteroatoms. The van der Waals surface area contributed by atoms with Crippen molar-refractivity contribution in [1.82, 2.24) is 41.8 Å². The van der Waals surface area contributed by atoms with Crippen LogP contribution >= 0.6 is 11.3 Å². The van der Waals surface area contributed by atoms with Gasteiger partial charge < -0.3 is 66.5 Å². The third kappa shape index (κ3) is 15.1. The van der Waals surface area contributed by atoms with E-state index in [1.165, 1.54) is 11.0 Å². The average molecular weight is 972 g/mol. The Hall–Kier alpha value is -5.29. The van der Waals surface area contributed by atoms with E-state index in [2.05, 4.69) is 36.9 Å². The van der Waals surface area contributed by atoms with Crippen molar-refractivity contribution in [3.63, 3.8) is 0 Å². The molecule has 2 aromatic carbocycles. The minimum absolute atomic E-state index is 0. The van der Waals surface area contributed by atoms with Gasteiger partial charge in [0.2, 0.25) is 41.4 Å². The molecule has 0 radical (unpaired) electrons. The number of carbonyl (C=O) groups is 9. The molecule has 68 heavy (non-hydrogen) atoms. The molecule has 7 amide bonds. The second kappa shape index (κ2) is 25.9. The number of benzene rings is 2. The van der Waals surface area contributed by atoms with Gasteiger partial charge in [0, 0.05) is 85.0 Å². The fourth-order valence-corrected chi connectivity index (χ4v) is 8.63. The Labute approximate surface area is 440 Å². The molecule has 20 nitrogen and oxygen atoms in total. The predicted molar refractivity (Wildman–Crippen MR) is 235 cm³/mol. The molecule has 2 aliphatic rings. The largest absolute Gasteiger partial charge is 1.00 e. The Kier molecular flexibility index (Phi) is 21.1. The van der Waals surface area contributed by atoms with Gasteiger partial charge in [-0.25, -0.2) is 0 Å². The molecule has 0 bridgehead atoms. The number of carboxylic acids is 2. The summed E-state index contributed by atoms with van der Waals surface area (Å²) >= 11 is 1.06. The second-order valence-corrected chi connectivity index (χ2v) is 17.5. The smallest absolute Gasteiger partial charge is 0.550 e. The van der Waals surface area contributed by atoms with E-state index in [0.717, 1.165) is 17.0 Å². The van der Waals surface area contributed by atoms with Crippen molar-refractivity contribution in [2.45, 2.75) is 82.2 Å². The summed E-state index contributed by atoms with van der Waals surface area (Å²) in [4.78, 5) is 130. The number of nitrogens with one attached hydrogen (secondary N) is 7. The molecule has 6 rings (SSSR count). The first kappa shape index (κ1) is 55.3. The maximum absolute atomic E-state index is 14.3. The van der Waals surface area contributed by atoms with Gasteiger partial charge in [-0.2, -0.15) is 0 Å². The quantitative estimate of drug-likeness (QED) is 0.0652. The minimum Gasteiger partial charge on any atom is -0.550 e. The molecular formula is C45H51N9Na2O11S. The molecule has 4 heterocycles. The summed E-state index contributed by atoms with van der Waals surface area (Å²) in [6.45, 7) is 4.82. The molecule has 0 spiro atoms. The predicted octanol–water partition coefficient (Wildman–Crippen LogP) is -7.86. The van der Waals surface area contributed by atoms with Gasteiger partial charge in [0.25, 0.3) is 0 Å². The molecule has 6 unspecified atom stereocenters. The molecule has 350 valence electrons. The van der Waals surface area contributed by atoms with Gasteiger partial charge in [-0.1, -0.05) is 56.3 Å². The number of carbonyl (C=O) groups excluding carboxylic acids is 9. The van der Waals surface area contributed by atoms with Gasteiger partial charge in [-0.15, -0.1) is 11.3 Å². The fourth-order valence-electron chi connectivity index (χ4n) is 7.86. The van der Waals surface area contributed by atoms with Crippen LogP contribution in [0.5, 0.6) is 0 Å². The maximum atomic E-state index is 14.3. The van der Waals surface area contributed by atoms with Crippen LogP contribution in [0.1, 0.15) is 56.0 Å². The van der Waals surface area contributed by atoms with E-state index in [1.54, 1.807) is 55.8 Å². The van der Waals surface area contributed by atoms with Crippen LogP contribution in [-0.2, 0) is 49.6 Å². The Morgan fingerprint density at radius 2 is 1.13 bits per heavy atom. The van der Waals surface area contributed by atoms with Crippen molar-refractivity contribution in [1.29, 1.82) is 0 Å². The third-order valence-corrected chi connectivity index (χ3v) is 12.2. The fraction of sp³-hybridized carbons (Fsp3) is 0.400. The van der Waals surface area contributed by atoms with Crippen LogP contribution in [0.25, 0.3) is 10.9 Å². The Morgan fingerprint density at radius 3 is 1.71 bits per heavy atom. The van der Waals surface area contributed by atoms with Gasteiger partial charge in [-0.05, 0) is 47.5 Å². The standard InChI is InChI=1S/C45H53N9O11S.2Na/c1-25(2)19-30-40(60)47-31(20-26-24-46-29-12-7-6-11-28(26)29)41(61)49-33(22-37(56)57)43(63)48-32(21-36(55)54-16-14-53(15-17-54)27-9-4-3-5-10-27)42(62)50-34(23-38(58)59)44(64)52-39(45(65)51-30)35-13-8-18-66-35;;/h3-13,18,24-25,30-34,39,46H,14-17,19-23H2,1-2H3,(H,47,60)(H,48,63)(H,49,61)(H,50,62)(H,51,65)(H,52,64)(H,56,57)(H,58,59);;/q;2*+1/p-2. The number of H-pyrrole nitrogens is 1. The Morgan fingerprint density at radius 1 is 0.618 bits per heavy atom. The summed E-state index contributed by atoms with van der Waals surface area (Å²) in [5.74, 6) is -10.8. The number of aliphatic carboxylic acids is 2. The SMILES string of the molecule is CC(C)CC1NC(=O)C(c2cccs2)NC(=O)C(CC(=O)[O-])NC(=O)C(CC(=O)N2CCN(c3ccccc3)CC2)NC(=O)C(CC(=O)[O-])NC(=O)C(Cc2c[nH]c3ccccc23)NC1=O.[Na+].[Na+]. The maximum Gasteiger partial charge on any atom is 1.00 e. The van der Waals surface area contributed by atoms with E-state index in [1.807, 2.05) is 35.2 Å². The van der Waals surface area contributed by atoms with Gasteiger partial charge in [0.05, 0.1) is 6.42 Å². The molecule has 7 N–H and O–H groups in total. The zero-order chi connectivity index (χ0) is 47.5. The number of hydrogen-bond acceptors (Lipinski definition) is 13. The molecule has 0 aliphatic carbocycles. The van der Waals surface area contributed by atoms with Crippen LogP contribution in [0.3, 0.4) is 0 Å². The van der Waals surface area contributed by atoms with E-state index in [0.29, 0.717) is 29.6 Å². The number of rotatable bonds is 12. The van der Waals surface area contributed by atoms with Crippen LogP contribution in [0.4, 0.5) is 5.69 Å². The molecule has 6 atom stereocenters. The summed E-state index contributed by atoms with van der Waals surface area (Å²) in [5, 5.41) is 41.2. The van der Waals surface area contributed by atoms with Crippen LogP contribution < -0.4 is 106 Å². The molecular weight excluding hydrogens is 921 g/mol. The van der Waals surface area contributed by atoms with E-state index in [4.69, 9.17) is 0 Å². The monoisotopic (exact) mass is 971 g/mol. The number of fused-ring (bicyclic) bond motifs is 1. The molecule has 2 aromatic heterocycles. The van der Waals surface area contributed by atoms with E-state index in [9.17, 15) is 53.4 Å². The topological polar surface area (TPSA) is 294 Å². The number of anilines is 1. The summed E-state index contributed by atoms with van der Waals surface area (Å²) in [6.07, 6.45) is -1.52. The molecule has 2 aliphatic heterocycles. The number of thiophene rings is 1. The number of piperazine rings is 1. The summed E-state index contributed by atoms with van der Waals surface area (Å²) < 4.78 is 0. The van der Waals surface area contributed by atoms with E-state index in [-0.39, 0.29) is 95.8 Å². The van der Waals surface area contributed by atoms with Crippen molar-refractivity contribution < 1.29 is 112 Å². The van der Waals surface area contributed by atoms with Crippen molar-refractivity contribution in [2.24, 2.45) is 5.92 Å². The Bertz CT molecular complexity index is 2430. The van der Waals surface area contributed by atoms with Crippen molar-refractivity contribution in [3.05, 3.63) is 88.7 Å². The first-order valence-corrected chi connectivity index (χ1v) is 22.3. The van der Waals surface area contributed by atoms with E-state index >= 15 is 0 Å². The van der Waals surface area contributed by atoms with Gasteiger partial charge in [0.15, 0.2) is 0 Å². The number of hydrogen-bond donors (Lipinski definition) is 7. The number of carboxylic acid groups (broad SMARTS) is 2. The number of aromatic amines is 1. The second-order valence-electron chi connectivity index (χ2n) is 16.5. The molecule has 4 aromatic rings. The third-order valence-electron chi connectivity index (χ3n) is 11.2. The first-order chi connectivity index (χ1) is 31.6. The average Bonchev–Trinajstić information content (AvgIpc) is 3.97. The van der Waals surface area contributed by atoms with Gasteiger partial charge in [-0.3, -0.25) is 33.6 Å². The summed E-state index contributed by atoms with van der Waals surface area (Å²) in [5.41, 5.74) is 2.19. The molecule has 2 fully saturated rings. The normalized spacial score (nSPS) is 22.2. The molecule has 2 saturated heterocycles. The van der Waals surface area contributed by atoms with Crippen molar-refractivity contribution >= 4 is 81.2 Å². The van der Waals surface area contributed by atoms with Gasteiger partial charge >= 0.3 is 59.1 Å². The Balaban J connectivity index is 0.00000504. The summed E-state index contributed by atoms with van der Waals surface area (Å²) in [7, 11) is 0. The van der Waals surface area contributed by atoms with Crippen LogP contribution in [0.2, 0.25) is 0 Å². The number of amides is 7. The zero-order valence-electron chi connectivity index (χ0n) is 38.2. The van der Waals surface area contributed by atoms with Gasteiger partial charge in [0.1, 0.15) is 36.3 Å². The zero-order valence-corrected chi connectivity index (χ0v) is 43.0. The van der Waals surface area contributed by atoms with Crippen LogP contribution in [0, 0.1) is 5.92 Å². The number of nitrogens with zero attached hydrogens (tertiary/aromatic N) is 2. The molecule has 0 saturated carbocycles. The van der Waals surface area contributed by atoms with Crippen molar-refractivity contribution in [3.8, 4) is 0 Å². The number of para-hydroxylation sites is 2. The summed E-state index contributed by atoms with van der Waals surface area (Å²) in [6, 6.07) is 9.57. The van der Waals surface area contributed by atoms with E-state index < -0.39 is 109 Å². The first-order valence-electron chi connectivity index (χ1n) is 21.4. The van der Waals surface area contributed by atoms with Crippen molar-refractivity contribution in [2.75, 3.05) is 31.1 Å². The minimum atomic E-state index is -1.95. The number of aromatic nitrogens is 1. The van der Waals surface area contributed by atoms with Crippen LogP contribution in [-0.4, -0.2) is 120 Å². The van der Waals surface area contributed by atoms with Crippen LogP contribution in [0.15, 0.2) is 78.3 Å².